The monoisotopic (exact) mass is 374 g/mol. The summed E-state index contributed by atoms with van der Waals surface area (Å²) in [7, 11) is 1.70. The molecule has 0 spiro atoms. The summed E-state index contributed by atoms with van der Waals surface area (Å²) in [5, 5.41) is 3.62. The molecule has 4 heteroatoms. The molecule has 0 fully saturated rings. The van der Waals surface area contributed by atoms with Gasteiger partial charge in [0.05, 0.1) is 19.3 Å². The summed E-state index contributed by atoms with van der Waals surface area (Å²) in [4.78, 5) is 2.33. The van der Waals surface area contributed by atoms with E-state index < -0.39 is 0 Å². The van der Waals surface area contributed by atoms with Gasteiger partial charge in [0.2, 0.25) is 0 Å². The molecule has 28 heavy (non-hydrogen) atoms. The molecule has 0 aromatic heterocycles. The van der Waals surface area contributed by atoms with Crippen LogP contribution >= 0.6 is 0 Å². The summed E-state index contributed by atoms with van der Waals surface area (Å²) in [6.07, 6.45) is 0.0585. The van der Waals surface area contributed by atoms with Crippen LogP contribution < -0.4 is 19.7 Å². The molecule has 144 valence electrons. The minimum atomic E-state index is 0.0585. The molecular formula is C24H26N2O2. The number of methoxy groups -OCH3 is 1. The van der Waals surface area contributed by atoms with E-state index in [0.717, 1.165) is 30.3 Å². The average Bonchev–Trinajstić information content (AvgIpc) is 2.77. The van der Waals surface area contributed by atoms with E-state index in [1.54, 1.807) is 7.11 Å². The molecule has 0 aliphatic carbocycles. The lowest BCUT2D eigenvalue weighted by molar-refractivity contribution is 0.190. The molecular weight excluding hydrogens is 348 g/mol. The van der Waals surface area contributed by atoms with Crippen molar-refractivity contribution in [3.63, 3.8) is 0 Å². The highest BCUT2D eigenvalue weighted by Gasteiger charge is 2.26. The van der Waals surface area contributed by atoms with Crippen LogP contribution in [0, 0.1) is 0 Å². The Morgan fingerprint density at radius 1 is 1.04 bits per heavy atom. The number of ether oxygens (including phenoxy) is 2. The van der Waals surface area contributed by atoms with Crippen LogP contribution in [0.15, 0.2) is 78.9 Å². The van der Waals surface area contributed by atoms with Crippen LogP contribution in [0.5, 0.6) is 11.5 Å². The van der Waals surface area contributed by atoms with Crippen LogP contribution in [0.4, 0.5) is 11.4 Å². The van der Waals surface area contributed by atoms with Gasteiger partial charge in [-0.3, -0.25) is 0 Å². The maximum Gasteiger partial charge on any atom is 0.143 e. The van der Waals surface area contributed by atoms with Gasteiger partial charge in [-0.05, 0) is 48.9 Å². The van der Waals surface area contributed by atoms with Crippen LogP contribution in [0.3, 0.4) is 0 Å². The zero-order valence-electron chi connectivity index (χ0n) is 16.3. The standard InChI is InChI=1S/C24H26N2O2/c1-18(19-9-8-12-21(15-19)27-2)25-16-22-17-26(20-10-4-3-5-11-20)23-13-6-7-14-24(23)28-22/h3-15,18,22,25H,16-17H2,1-2H3/t18-,22?/m1/s1. The lowest BCUT2D eigenvalue weighted by Gasteiger charge is -2.37. The van der Waals surface area contributed by atoms with E-state index in [2.05, 4.69) is 65.7 Å². The highest BCUT2D eigenvalue weighted by molar-refractivity contribution is 5.70. The molecule has 2 atom stereocenters. The van der Waals surface area contributed by atoms with E-state index in [1.807, 2.05) is 30.3 Å². The molecule has 1 N–H and O–H groups in total. The lowest BCUT2D eigenvalue weighted by Crippen LogP contribution is -2.43. The van der Waals surface area contributed by atoms with Gasteiger partial charge in [-0.25, -0.2) is 0 Å². The molecule has 0 bridgehead atoms. The van der Waals surface area contributed by atoms with Crippen LogP contribution in [0.1, 0.15) is 18.5 Å². The number of benzene rings is 3. The third-order valence-corrected chi connectivity index (χ3v) is 5.15. The van der Waals surface area contributed by atoms with E-state index in [-0.39, 0.29) is 12.1 Å². The van der Waals surface area contributed by atoms with Gasteiger partial charge in [-0.15, -0.1) is 0 Å². The van der Waals surface area contributed by atoms with E-state index in [0.29, 0.717) is 0 Å². The van der Waals surface area contributed by atoms with Crippen LogP contribution in [-0.4, -0.2) is 26.3 Å². The first-order valence-corrected chi connectivity index (χ1v) is 9.70. The Morgan fingerprint density at radius 3 is 2.64 bits per heavy atom. The van der Waals surface area contributed by atoms with Crippen molar-refractivity contribution in [3.8, 4) is 11.5 Å². The Balaban J connectivity index is 1.48. The molecule has 1 unspecified atom stereocenters. The van der Waals surface area contributed by atoms with Crippen molar-refractivity contribution in [2.45, 2.75) is 19.1 Å². The molecule has 1 heterocycles. The quantitative estimate of drug-likeness (QED) is 0.662. The second-order valence-electron chi connectivity index (χ2n) is 7.06. The van der Waals surface area contributed by atoms with Crippen molar-refractivity contribution in [1.82, 2.24) is 5.32 Å². The van der Waals surface area contributed by atoms with Crippen molar-refractivity contribution >= 4 is 11.4 Å². The zero-order chi connectivity index (χ0) is 19.3. The maximum absolute atomic E-state index is 6.29. The minimum absolute atomic E-state index is 0.0585. The Labute approximate surface area is 166 Å². The van der Waals surface area contributed by atoms with Gasteiger partial charge >= 0.3 is 0 Å². The smallest absolute Gasteiger partial charge is 0.143 e. The van der Waals surface area contributed by atoms with Crippen molar-refractivity contribution in [1.29, 1.82) is 0 Å². The number of hydrogen-bond acceptors (Lipinski definition) is 4. The Kier molecular flexibility index (Phi) is 5.49. The van der Waals surface area contributed by atoms with Crippen LogP contribution in [0.2, 0.25) is 0 Å². The lowest BCUT2D eigenvalue weighted by atomic mass is 10.1. The number of anilines is 2. The van der Waals surface area contributed by atoms with Crippen molar-refractivity contribution in [2.75, 3.05) is 25.1 Å². The van der Waals surface area contributed by atoms with Gasteiger partial charge in [0.15, 0.2) is 0 Å². The molecule has 1 aliphatic heterocycles. The third-order valence-electron chi connectivity index (χ3n) is 5.15. The largest absolute Gasteiger partial charge is 0.497 e. The summed E-state index contributed by atoms with van der Waals surface area (Å²) >= 11 is 0. The molecule has 4 nitrogen and oxygen atoms in total. The fraction of sp³-hybridized carbons (Fsp3) is 0.250. The summed E-state index contributed by atoms with van der Waals surface area (Å²) in [5.41, 5.74) is 3.50. The molecule has 3 aromatic rings. The topological polar surface area (TPSA) is 33.7 Å². The van der Waals surface area contributed by atoms with Crippen LogP contribution in [-0.2, 0) is 0 Å². The minimum Gasteiger partial charge on any atom is -0.497 e. The highest BCUT2D eigenvalue weighted by Crippen LogP contribution is 2.37. The number of hydrogen-bond donors (Lipinski definition) is 1. The van der Waals surface area contributed by atoms with E-state index in [9.17, 15) is 0 Å². The zero-order valence-corrected chi connectivity index (χ0v) is 16.3. The van der Waals surface area contributed by atoms with Crippen molar-refractivity contribution in [3.05, 3.63) is 84.4 Å². The summed E-state index contributed by atoms with van der Waals surface area (Å²) < 4.78 is 11.6. The van der Waals surface area contributed by atoms with Gasteiger partial charge in [-0.2, -0.15) is 0 Å². The first-order chi connectivity index (χ1) is 13.7. The second-order valence-corrected chi connectivity index (χ2v) is 7.06. The van der Waals surface area contributed by atoms with Gasteiger partial charge in [0, 0.05) is 18.3 Å². The van der Waals surface area contributed by atoms with Crippen molar-refractivity contribution < 1.29 is 9.47 Å². The number of fused-ring (bicyclic) bond motifs is 1. The molecule has 0 amide bonds. The van der Waals surface area contributed by atoms with Gasteiger partial charge in [0.25, 0.3) is 0 Å². The molecule has 1 aliphatic rings. The summed E-state index contributed by atoms with van der Waals surface area (Å²) in [6.45, 7) is 3.73. The maximum atomic E-state index is 6.29. The fourth-order valence-corrected chi connectivity index (χ4v) is 3.59. The molecule has 0 saturated carbocycles. The van der Waals surface area contributed by atoms with E-state index in [4.69, 9.17) is 9.47 Å². The first kappa shape index (κ1) is 18.4. The fourth-order valence-electron chi connectivity index (χ4n) is 3.59. The normalized spacial score (nSPS) is 16.8. The molecule has 0 saturated heterocycles. The Bertz CT molecular complexity index is 913. The summed E-state index contributed by atoms with van der Waals surface area (Å²) in [5.74, 6) is 1.81. The Hall–Kier alpha value is -2.98. The number of rotatable bonds is 6. The van der Waals surface area contributed by atoms with E-state index >= 15 is 0 Å². The van der Waals surface area contributed by atoms with Gasteiger partial charge in [-0.1, -0.05) is 42.5 Å². The summed E-state index contributed by atoms with van der Waals surface area (Å²) in [6, 6.07) is 27.1. The molecule has 4 rings (SSSR count). The predicted molar refractivity (Wildman–Crippen MR) is 114 cm³/mol. The van der Waals surface area contributed by atoms with Crippen molar-refractivity contribution in [2.24, 2.45) is 0 Å². The van der Waals surface area contributed by atoms with Gasteiger partial charge in [0.1, 0.15) is 17.6 Å². The second kappa shape index (κ2) is 8.36. The SMILES string of the molecule is COc1cccc([C@@H](C)NCC2CN(c3ccccc3)c3ccccc3O2)c1. The third kappa shape index (κ3) is 3.97. The Morgan fingerprint density at radius 2 is 1.82 bits per heavy atom. The predicted octanol–water partition coefficient (Wildman–Crippen LogP) is 4.95. The number of nitrogens with zero attached hydrogens (tertiary/aromatic N) is 1. The number of para-hydroxylation sites is 3. The first-order valence-electron chi connectivity index (χ1n) is 9.70. The highest BCUT2D eigenvalue weighted by atomic mass is 16.5. The van der Waals surface area contributed by atoms with Crippen LogP contribution in [0.25, 0.3) is 0 Å². The molecule has 0 radical (unpaired) electrons. The van der Waals surface area contributed by atoms with Gasteiger partial charge < -0.3 is 19.7 Å². The average molecular weight is 374 g/mol. The molecule has 3 aromatic carbocycles. The van der Waals surface area contributed by atoms with E-state index in [1.165, 1.54) is 11.3 Å². The number of nitrogens with one attached hydrogen (secondary N) is 1.